The van der Waals surface area contributed by atoms with Gasteiger partial charge in [0.1, 0.15) is 0 Å². The van der Waals surface area contributed by atoms with Crippen molar-refractivity contribution in [2.75, 3.05) is 0 Å². The third-order valence-electron chi connectivity index (χ3n) is 2.89. The fourth-order valence-electron chi connectivity index (χ4n) is 2.06. The largest absolute Gasteiger partial charge is 0.361 e. The standard InChI is InChI=1S/C12H13N3/c1-7(2)10-6-13-12-3-8-5-14-15-11(8)4-9(10)12/h3-7,13H,1-2H3,(H,14,15). The molecule has 3 nitrogen and oxygen atoms in total. The summed E-state index contributed by atoms with van der Waals surface area (Å²) in [5.41, 5.74) is 3.65. The number of benzene rings is 1. The van der Waals surface area contributed by atoms with E-state index in [1.807, 2.05) is 6.20 Å². The maximum Gasteiger partial charge on any atom is 0.0657 e. The van der Waals surface area contributed by atoms with E-state index in [2.05, 4.69) is 47.4 Å². The van der Waals surface area contributed by atoms with E-state index in [-0.39, 0.29) is 0 Å². The second-order valence-electron chi connectivity index (χ2n) is 4.25. The fourth-order valence-corrected chi connectivity index (χ4v) is 2.06. The van der Waals surface area contributed by atoms with Crippen LogP contribution in [-0.4, -0.2) is 15.2 Å². The maximum atomic E-state index is 4.04. The number of aromatic amines is 2. The molecule has 0 aliphatic carbocycles. The van der Waals surface area contributed by atoms with E-state index >= 15 is 0 Å². The van der Waals surface area contributed by atoms with Gasteiger partial charge in [0.2, 0.25) is 0 Å². The molecule has 3 heteroatoms. The topological polar surface area (TPSA) is 44.5 Å². The summed E-state index contributed by atoms with van der Waals surface area (Å²) in [6.07, 6.45) is 3.95. The molecule has 0 unspecified atom stereocenters. The van der Waals surface area contributed by atoms with Gasteiger partial charge < -0.3 is 4.98 Å². The summed E-state index contributed by atoms with van der Waals surface area (Å²) in [6.45, 7) is 4.42. The van der Waals surface area contributed by atoms with Crippen molar-refractivity contribution in [3.63, 3.8) is 0 Å². The minimum Gasteiger partial charge on any atom is -0.361 e. The van der Waals surface area contributed by atoms with Crippen molar-refractivity contribution < 1.29 is 0 Å². The Balaban J connectivity index is 2.41. The monoisotopic (exact) mass is 199 g/mol. The summed E-state index contributed by atoms with van der Waals surface area (Å²) in [4.78, 5) is 3.31. The molecule has 15 heavy (non-hydrogen) atoms. The van der Waals surface area contributed by atoms with E-state index in [0.717, 1.165) is 10.9 Å². The molecule has 0 bridgehead atoms. The molecule has 0 atom stereocenters. The van der Waals surface area contributed by atoms with Gasteiger partial charge in [0, 0.05) is 22.5 Å². The van der Waals surface area contributed by atoms with Crippen molar-refractivity contribution in [2.45, 2.75) is 19.8 Å². The molecule has 3 rings (SSSR count). The Kier molecular flexibility index (Phi) is 1.63. The third kappa shape index (κ3) is 1.16. The first-order valence-corrected chi connectivity index (χ1v) is 5.20. The zero-order valence-electron chi connectivity index (χ0n) is 8.83. The van der Waals surface area contributed by atoms with Crippen molar-refractivity contribution in [1.29, 1.82) is 0 Å². The van der Waals surface area contributed by atoms with Crippen LogP contribution in [0.4, 0.5) is 0 Å². The SMILES string of the molecule is CC(C)c1c[nH]c2cc3cn[nH]c3cc12. The van der Waals surface area contributed by atoms with Crippen LogP contribution >= 0.6 is 0 Å². The molecule has 0 aliphatic heterocycles. The Labute approximate surface area is 87.5 Å². The molecule has 0 saturated carbocycles. The quantitative estimate of drug-likeness (QED) is 0.621. The first-order valence-electron chi connectivity index (χ1n) is 5.20. The number of nitrogens with one attached hydrogen (secondary N) is 2. The summed E-state index contributed by atoms with van der Waals surface area (Å²) >= 11 is 0. The summed E-state index contributed by atoms with van der Waals surface area (Å²) < 4.78 is 0. The van der Waals surface area contributed by atoms with Gasteiger partial charge in [-0.25, -0.2) is 0 Å². The van der Waals surface area contributed by atoms with Crippen LogP contribution in [0, 0.1) is 0 Å². The van der Waals surface area contributed by atoms with Gasteiger partial charge in [-0.05, 0) is 23.6 Å². The first kappa shape index (κ1) is 8.53. The van der Waals surface area contributed by atoms with Crippen LogP contribution in [0.15, 0.2) is 24.5 Å². The van der Waals surface area contributed by atoms with Gasteiger partial charge in [-0.2, -0.15) is 5.10 Å². The second-order valence-corrected chi connectivity index (χ2v) is 4.25. The highest BCUT2D eigenvalue weighted by atomic mass is 15.1. The highest BCUT2D eigenvalue weighted by Crippen LogP contribution is 2.28. The van der Waals surface area contributed by atoms with E-state index in [1.165, 1.54) is 16.5 Å². The van der Waals surface area contributed by atoms with Crippen molar-refractivity contribution >= 4 is 21.8 Å². The molecule has 2 aromatic heterocycles. The molecule has 76 valence electrons. The maximum absolute atomic E-state index is 4.04. The molecule has 0 spiro atoms. The number of rotatable bonds is 1. The van der Waals surface area contributed by atoms with Gasteiger partial charge in [0.25, 0.3) is 0 Å². The average Bonchev–Trinajstić information content (AvgIpc) is 2.77. The first-order chi connectivity index (χ1) is 7.25. The lowest BCUT2D eigenvalue weighted by Crippen LogP contribution is -1.83. The zero-order chi connectivity index (χ0) is 10.4. The van der Waals surface area contributed by atoms with Gasteiger partial charge in [0.15, 0.2) is 0 Å². The van der Waals surface area contributed by atoms with Crippen molar-refractivity contribution in [2.24, 2.45) is 0 Å². The molecule has 0 aliphatic rings. The predicted molar refractivity (Wildman–Crippen MR) is 62.0 cm³/mol. The third-order valence-corrected chi connectivity index (χ3v) is 2.89. The summed E-state index contributed by atoms with van der Waals surface area (Å²) in [6, 6.07) is 4.31. The van der Waals surface area contributed by atoms with Crippen LogP contribution in [-0.2, 0) is 0 Å². The lowest BCUT2D eigenvalue weighted by Gasteiger charge is -2.01. The Morgan fingerprint density at radius 3 is 2.87 bits per heavy atom. The Bertz CT molecular complexity index is 616. The highest BCUT2D eigenvalue weighted by Gasteiger charge is 2.08. The molecule has 3 aromatic rings. The van der Waals surface area contributed by atoms with Crippen LogP contribution in [0.1, 0.15) is 25.3 Å². The van der Waals surface area contributed by atoms with Crippen LogP contribution < -0.4 is 0 Å². The van der Waals surface area contributed by atoms with Crippen LogP contribution in [0.5, 0.6) is 0 Å². The van der Waals surface area contributed by atoms with Crippen LogP contribution in [0.25, 0.3) is 21.8 Å². The summed E-state index contributed by atoms with van der Waals surface area (Å²) in [7, 11) is 0. The van der Waals surface area contributed by atoms with E-state index in [9.17, 15) is 0 Å². The Morgan fingerprint density at radius 2 is 2.07 bits per heavy atom. The molecular formula is C12H13N3. The molecule has 0 amide bonds. The van der Waals surface area contributed by atoms with Crippen LogP contribution in [0.2, 0.25) is 0 Å². The normalized spacial score (nSPS) is 11.9. The van der Waals surface area contributed by atoms with Crippen LogP contribution in [0.3, 0.4) is 0 Å². The van der Waals surface area contributed by atoms with Gasteiger partial charge in [-0.15, -0.1) is 0 Å². The van der Waals surface area contributed by atoms with Gasteiger partial charge in [0.05, 0.1) is 11.7 Å². The van der Waals surface area contributed by atoms with Crippen molar-refractivity contribution in [3.05, 3.63) is 30.1 Å². The molecule has 0 saturated heterocycles. The second kappa shape index (κ2) is 2.86. The fraction of sp³-hybridized carbons (Fsp3) is 0.250. The number of hydrogen-bond donors (Lipinski definition) is 2. The minimum atomic E-state index is 0.541. The molecular weight excluding hydrogens is 186 g/mol. The number of aromatic nitrogens is 3. The Hall–Kier alpha value is -1.77. The van der Waals surface area contributed by atoms with E-state index in [1.54, 1.807) is 0 Å². The predicted octanol–water partition coefficient (Wildman–Crippen LogP) is 3.17. The van der Waals surface area contributed by atoms with Gasteiger partial charge >= 0.3 is 0 Å². The van der Waals surface area contributed by atoms with Crippen molar-refractivity contribution in [1.82, 2.24) is 15.2 Å². The van der Waals surface area contributed by atoms with Gasteiger partial charge in [-0.3, -0.25) is 5.10 Å². The number of H-pyrrole nitrogens is 2. The number of hydrogen-bond acceptors (Lipinski definition) is 1. The smallest absolute Gasteiger partial charge is 0.0657 e. The molecule has 0 fully saturated rings. The lowest BCUT2D eigenvalue weighted by molar-refractivity contribution is 0.876. The molecule has 2 heterocycles. The van der Waals surface area contributed by atoms with Crippen molar-refractivity contribution in [3.8, 4) is 0 Å². The average molecular weight is 199 g/mol. The number of fused-ring (bicyclic) bond motifs is 2. The minimum absolute atomic E-state index is 0.541. The molecule has 0 radical (unpaired) electrons. The molecule has 1 aromatic carbocycles. The number of nitrogens with zero attached hydrogens (tertiary/aromatic N) is 1. The summed E-state index contributed by atoms with van der Waals surface area (Å²) in [5.74, 6) is 0.541. The lowest BCUT2D eigenvalue weighted by atomic mass is 10.0. The zero-order valence-corrected chi connectivity index (χ0v) is 8.83. The molecule has 2 N–H and O–H groups in total. The van der Waals surface area contributed by atoms with E-state index in [4.69, 9.17) is 0 Å². The van der Waals surface area contributed by atoms with E-state index < -0.39 is 0 Å². The van der Waals surface area contributed by atoms with E-state index in [0.29, 0.717) is 5.92 Å². The summed E-state index contributed by atoms with van der Waals surface area (Å²) in [5, 5.41) is 9.49. The Morgan fingerprint density at radius 1 is 1.20 bits per heavy atom. The highest BCUT2D eigenvalue weighted by molar-refractivity contribution is 5.96. The van der Waals surface area contributed by atoms with Gasteiger partial charge in [-0.1, -0.05) is 13.8 Å².